The number of ether oxygens (including phenoxy) is 1. The van der Waals surface area contributed by atoms with Crippen LogP contribution in [0, 0.1) is 6.92 Å². The number of nitrogens with zero attached hydrogens (tertiary/aromatic N) is 3. The summed E-state index contributed by atoms with van der Waals surface area (Å²) >= 11 is 6.66. The highest BCUT2D eigenvalue weighted by Crippen LogP contribution is 2.36. The van der Waals surface area contributed by atoms with Gasteiger partial charge in [-0.05, 0) is 42.8 Å². The molecule has 3 aromatic rings. The summed E-state index contributed by atoms with van der Waals surface area (Å²) in [5, 5.41) is 0. The van der Waals surface area contributed by atoms with E-state index in [2.05, 4.69) is 0 Å². The maximum atomic E-state index is 13.3. The first-order valence-electron chi connectivity index (χ1n) is 9.18. The van der Waals surface area contributed by atoms with E-state index in [-0.39, 0.29) is 17.2 Å². The first kappa shape index (κ1) is 20.2. The van der Waals surface area contributed by atoms with Crippen LogP contribution in [0.2, 0.25) is 0 Å². The summed E-state index contributed by atoms with van der Waals surface area (Å²) in [6, 6.07) is 16.7. The van der Waals surface area contributed by atoms with Gasteiger partial charge in [0.25, 0.3) is 11.5 Å². The quantitative estimate of drug-likeness (QED) is 0.458. The number of rotatable bonds is 4. The first-order chi connectivity index (χ1) is 14.4. The predicted molar refractivity (Wildman–Crippen MR) is 124 cm³/mol. The lowest BCUT2D eigenvalue weighted by Gasteiger charge is -2.12. The molecule has 0 radical (unpaired) electrons. The van der Waals surface area contributed by atoms with Gasteiger partial charge < -0.3 is 4.74 Å². The number of para-hydroxylation sites is 1. The van der Waals surface area contributed by atoms with Gasteiger partial charge in [0.05, 0.1) is 23.4 Å². The Kier molecular flexibility index (Phi) is 5.36. The molecule has 2 heterocycles. The Morgan fingerprint density at radius 1 is 1.03 bits per heavy atom. The molecule has 0 saturated carbocycles. The van der Waals surface area contributed by atoms with Crippen molar-refractivity contribution in [2.24, 2.45) is 7.05 Å². The number of carbonyl (C=O) groups excluding carboxylic acids is 1. The van der Waals surface area contributed by atoms with Crippen molar-refractivity contribution >= 4 is 46.0 Å². The van der Waals surface area contributed by atoms with E-state index < -0.39 is 0 Å². The number of amides is 1. The molecule has 0 atom stereocenters. The average molecular weight is 438 g/mol. The van der Waals surface area contributed by atoms with Gasteiger partial charge in [0.1, 0.15) is 11.4 Å². The van der Waals surface area contributed by atoms with Crippen molar-refractivity contribution in [3.05, 3.63) is 81.1 Å². The number of aromatic nitrogens is 2. The summed E-state index contributed by atoms with van der Waals surface area (Å²) in [7, 11) is 3.39. The molecular formula is C22H19N3O3S2. The molecule has 2 aromatic carbocycles. The Bertz CT molecular complexity index is 1230. The number of anilines is 1. The standard InChI is InChI=1S/C22H19N3O3S2/c1-14-19(21(27)25(23(14)2)16-7-5-4-6-8-16)24-20(26)18(30-22(24)29)13-15-9-11-17(28-3)12-10-15/h4-13H,1-3H3/b18-13-. The molecule has 1 saturated heterocycles. The number of benzene rings is 2. The summed E-state index contributed by atoms with van der Waals surface area (Å²) < 4.78 is 8.78. The zero-order valence-electron chi connectivity index (χ0n) is 16.7. The third kappa shape index (κ3) is 3.38. The highest BCUT2D eigenvalue weighted by molar-refractivity contribution is 8.27. The summed E-state index contributed by atoms with van der Waals surface area (Å²) in [6.45, 7) is 1.81. The van der Waals surface area contributed by atoms with Crippen LogP contribution in [0.25, 0.3) is 11.8 Å². The topological polar surface area (TPSA) is 56.5 Å². The van der Waals surface area contributed by atoms with E-state index in [1.54, 1.807) is 24.9 Å². The minimum atomic E-state index is -0.299. The fourth-order valence-electron chi connectivity index (χ4n) is 3.32. The molecule has 1 amide bonds. The van der Waals surface area contributed by atoms with E-state index in [1.165, 1.54) is 21.3 Å². The molecule has 0 spiro atoms. The third-order valence-corrected chi connectivity index (χ3v) is 6.26. The smallest absolute Gasteiger partial charge is 0.296 e. The van der Waals surface area contributed by atoms with E-state index in [4.69, 9.17) is 17.0 Å². The molecule has 1 aliphatic rings. The number of hydrogen-bond donors (Lipinski definition) is 0. The lowest BCUT2D eigenvalue weighted by atomic mass is 10.2. The van der Waals surface area contributed by atoms with E-state index in [9.17, 15) is 9.59 Å². The van der Waals surface area contributed by atoms with Crippen LogP contribution in [-0.4, -0.2) is 26.7 Å². The minimum Gasteiger partial charge on any atom is -0.497 e. The molecule has 0 bridgehead atoms. The number of methoxy groups -OCH3 is 1. The van der Waals surface area contributed by atoms with Gasteiger partial charge in [-0.3, -0.25) is 19.2 Å². The molecule has 6 nitrogen and oxygen atoms in total. The van der Waals surface area contributed by atoms with E-state index in [0.29, 0.717) is 14.9 Å². The van der Waals surface area contributed by atoms with Gasteiger partial charge in [0, 0.05) is 7.05 Å². The molecule has 152 valence electrons. The largest absolute Gasteiger partial charge is 0.497 e. The number of hydrogen-bond acceptors (Lipinski definition) is 5. The average Bonchev–Trinajstić information content (AvgIpc) is 3.14. The molecular weight excluding hydrogens is 418 g/mol. The fourth-order valence-corrected chi connectivity index (χ4v) is 4.59. The Balaban J connectivity index is 1.75. The van der Waals surface area contributed by atoms with Gasteiger partial charge in [-0.25, -0.2) is 4.68 Å². The second kappa shape index (κ2) is 7.97. The van der Waals surface area contributed by atoms with E-state index in [0.717, 1.165) is 17.0 Å². The van der Waals surface area contributed by atoms with Crippen molar-refractivity contribution in [3.63, 3.8) is 0 Å². The van der Waals surface area contributed by atoms with Crippen molar-refractivity contribution in [3.8, 4) is 11.4 Å². The fraction of sp³-hybridized carbons (Fsp3) is 0.136. The molecule has 1 fully saturated rings. The van der Waals surface area contributed by atoms with Gasteiger partial charge in [0.15, 0.2) is 4.32 Å². The Hall–Kier alpha value is -3.10. The second-order valence-corrected chi connectivity index (χ2v) is 8.38. The van der Waals surface area contributed by atoms with Crippen LogP contribution >= 0.6 is 24.0 Å². The van der Waals surface area contributed by atoms with Crippen LogP contribution in [0.15, 0.2) is 64.3 Å². The lowest BCUT2D eigenvalue weighted by molar-refractivity contribution is -0.113. The van der Waals surface area contributed by atoms with Crippen molar-refractivity contribution in [1.82, 2.24) is 9.36 Å². The van der Waals surface area contributed by atoms with Crippen LogP contribution in [-0.2, 0) is 11.8 Å². The molecule has 8 heteroatoms. The van der Waals surface area contributed by atoms with Gasteiger partial charge in [0.2, 0.25) is 0 Å². The first-order valence-corrected chi connectivity index (χ1v) is 10.4. The van der Waals surface area contributed by atoms with Crippen molar-refractivity contribution in [2.75, 3.05) is 12.0 Å². The summed E-state index contributed by atoms with van der Waals surface area (Å²) in [4.78, 5) is 28.3. The van der Waals surface area contributed by atoms with Crippen molar-refractivity contribution < 1.29 is 9.53 Å². The third-order valence-electron chi connectivity index (χ3n) is 4.95. The van der Waals surface area contributed by atoms with E-state index >= 15 is 0 Å². The maximum absolute atomic E-state index is 13.3. The van der Waals surface area contributed by atoms with Gasteiger partial charge >= 0.3 is 0 Å². The van der Waals surface area contributed by atoms with Crippen LogP contribution in [0.3, 0.4) is 0 Å². The van der Waals surface area contributed by atoms with Crippen LogP contribution in [0.1, 0.15) is 11.3 Å². The minimum absolute atomic E-state index is 0.280. The highest BCUT2D eigenvalue weighted by Gasteiger charge is 2.37. The molecule has 4 rings (SSSR count). The Morgan fingerprint density at radius 2 is 1.70 bits per heavy atom. The summed E-state index contributed by atoms with van der Waals surface area (Å²) in [6.07, 6.45) is 1.77. The summed E-state index contributed by atoms with van der Waals surface area (Å²) in [5.41, 5.74) is 2.22. The zero-order valence-corrected chi connectivity index (χ0v) is 18.3. The Morgan fingerprint density at radius 3 is 2.33 bits per heavy atom. The molecule has 1 aromatic heterocycles. The number of carbonyl (C=O) groups is 1. The van der Waals surface area contributed by atoms with Crippen LogP contribution < -0.4 is 15.2 Å². The Labute approximate surface area is 183 Å². The normalized spacial score (nSPS) is 15.3. The zero-order chi connectivity index (χ0) is 21.4. The molecule has 0 N–H and O–H groups in total. The maximum Gasteiger partial charge on any atom is 0.296 e. The van der Waals surface area contributed by atoms with Crippen molar-refractivity contribution in [1.29, 1.82) is 0 Å². The van der Waals surface area contributed by atoms with Gasteiger partial charge in [-0.15, -0.1) is 0 Å². The monoisotopic (exact) mass is 437 g/mol. The SMILES string of the molecule is COc1ccc(/C=C2\SC(=S)N(c3c(C)n(C)n(-c4ccccc4)c3=O)C2=O)cc1. The predicted octanol–water partition coefficient (Wildman–Crippen LogP) is 3.90. The summed E-state index contributed by atoms with van der Waals surface area (Å²) in [5.74, 6) is 0.438. The highest BCUT2D eigenvalue weighted by atomic mass is 32.2. The number of thiocarbonyl (C=S) groups is 1. The van der Waals surface area contributed by atoms with Crippen molar-refractivity contribution in [2.45, 2.75) is 6.92 Å². The number of thioether (sulfide) groups is 1. The van der Waals surface area contributed by atoms with Gasteiger partial charge in [-0.1, -0.05) is 54.3 Å². The van der Waals surface area contributed by atoms with Gasteiger partial charge in [-0.2, -0.15) is 0 Å². The van der Waals surface area contributed by atoms with Crippen LogP contribution in [0.4, 0.5) is 5.69 Å². The lowest BCUT2D eigenvalue weighted by Crippen LogP contribution is -2.33. The molecule has 1 aliphatic heterocycles. The molecule has 30 heavy (non-hydrogen) atoms. The molecule has 0 unspecified atom stereocenters. The van der Waals surface area contributed by atoms with Crippen LogP contribution in [0.5, 0.6) is 5.75 Å². The van der Waals surface area contributed by atoms with E-state index in [1.807, 2.05) is 61.5 Å². The molecule has 0 aliphatic carbocycles. The second-order valence-electron chi connectivity index (χ2n) is 6.70.